The van der Waals surface area contributed by atoms with Crippen LogP contribution in [0.1, 0.15) is 15.9 Å². The molecule has 0 saturated carbocycles. The van der Waals surface area contributed by atoms with E-state index < -0.39 is 0 Å². The van der Waals surface area contributed by atoms with Crippen molar-refractivity contribution >= 4 is 29.0 Å². The Bertz CT molecular complexity index is 1310. The number of aromatic nitrogens is 3. The number of nitrogens with one attached hydrogen (secondary N) is 3. The van der Waals surface area contributed by atoms with E-state index in [1.165, 1.54) is 7.05 Å². The zero-order valence-corrected chi connectivity index (χ0v) is 18.5. The fraction of sp³-hybridized carbons (Fsp3) is 0.167. The highest BCUT2D eigenvalue weighted by molar-refractivity contribution is 5.98. The van der Waals surface area contributed by atoms with Crippen molar-refractivity contribution in [3.8, 4) is 17.0 Å². The van der Waals surface area contributed by atoms with Crippen LogP contribution in [-0.4, -0.2) is 46.9 Å². The number of carbonyl (C=O) groups is 2. The number of hydrogen-bond acceptors (Lipinski definition) is 6. The maximum Gasteiger partial charge on any atom is 0.251 e. The van der Waals surface area contributed by atoms with Crippen molar-refractivity contribution in [3.63, 3.8) is 0 Å². The van der Waals surface area contributed by atoms with Crippen LogP contribution >= 0.6 is 0 Å². The van der Waals surface area contributed by atoms with E-state index in [4.69, 9.17) is 4.74 Å². The molecule has 2 aromatic heterocycles. The highest BCUT2D eigenvalue weighted by Gasteiger charge is 2.13. The van der Waals surface area contributed by atoms with E-state index in [1.54, 1.807) is 31.6 Å². The molecule has 0 aliphatic rings. The van der Waals surface area contributed by atoms with Crippen molar-refractivity contribution in [1.29, 1.82) is 0 Å². The number of carbonyl (C=O) groups excluding carboxylic acids is 2. The Morgan fingerprint density at radius 1 is 1.09 bits per heavy atom. The number of imidazole rings is 1. The minimum absolute atomic E-state index is 0.0723. The summed E-state index contributed by atoms with van der Waals surface area (Å²) < 4.78 is 7.20. The van der Waals surface area contributed by atoms with Crippen LogP contribution in [-0.2, 0) is 4.79 Å². The minimum atomic E-state index is -0.305. The van der Waals surface area contributed by atoms with E-state index in [0.29, 0.717) is 17.0 Å². The Hall–Kier alpha value is -4.40. The lowest BCUT2D eigenvalue weighted by Crippen LogP contribution is -2.35. The predicted octanol–water partition coefficient (Wildman–Crippen LogP) is 2.93. The molecule has 0 unspecified atom stereocenters. The monoisotopic (exact) mass is 444 g/mol. The Morgan fingerprint density at radius 2 is 1.88 bits per heavy atom. The van der Waals surface area contributed by atoms with Gasteiger partial charge in [0.05, 0.1) is 25.5 Å². The Kier molecular flexibility index (Phi) is 6.21. The topological polar surface area (TPSA) is 110 Å². The van der Waals surface area contributed by atoms with Gasteiger partial charge in [0.2, 0.25) is 5.91 Å². The van der Waals surface area contributed by atoms with Gasteiger partial charge in [0.15, 0.2) is 11.5 Å². The Balaban J connectivity index is 1.56. The first-order valence-corrected chi connectivity index (χ1v) is 10.3. The number of aryl methyl sites for hydroxylation is 1. The summed E-state index contributed by atoms with van der Waals surface area (Å²) >= 11 is 0. The van der Waals surface area contributed by atoms with Crippen LogP contribution in [0.4, 0.5) is 11.5 Å². The molecule has 2 heterocycles. The van der Waals surface area contributed by atoms with Crippen LogP contribution in [0.5, 0.6) is 5.75 Å². The van der Waals surface area contributed by atoms with Crippen LogP contribution in [0.15, 0.2) is 61.1 Å². The number of nitrogens with zero attached hydrogens (tertiary/aromatic N) is 3. The molecule has 4 rings (SSSR count). The zero-order chi connectivity index (χ0) is 23.4. The number of anilines is 2. The first-order chi connectivity index (χ1) is 16.0. The molecule has 9 nitrogen and oxygen atoms in total. The SMILES string of the molecule is CNC(=O)CNC(=O)c1ccc(Nc2nccn3c(-c4ccc(OC)cc4)cnc23)cc1C. The molecular formula is C24H24N6O3. The molecule has 9 heteroatoms. The number of likely N-dealkylation sites (N-methyl/N-ethyl adjacent to an activating group) is 1. The van der Waals surface area contributed by atoms with Crippen molar-refractivity contribution < 1.29 is 14.3 Å². The lowest BCUT2D eigenvalue weighted by Gasteiger charge is -2.11. The van der Waals surface area contributed by atoms with E-state index in [1.807, 2.05) is 47.9 Å². The first kappa shape index (κ1) is 21.8. The third-order valence-electron chi connectivity index (χ3n) is 5.24. The highest BCUT2D eigenvalue weighted by atomic mass is 16.5. The third kappa shape index (κ3) is 4.62. The molecule has 2 aromatic carbocycles. The maximum absolute atomic E-state index is 12.4. The van der Waals surface area contributed by atoms with E-state index in [-0.39, 0.29) is 18.4 Å². The van der Waals surface area contributed by atoms with Crippen LogP contribution in [0.2, 0.25) is 0 Å². The van der Waals surface area contributed by atoms with Gasteiger partial charge in [0, 0.05) is 36.3 Å². The summed E-state index contributed by atoms with van der Waals surface area (Å²) in [6.45, 7) is 1.77. The summed E-state index contributed by atoms with van der Waals surface area (Å²) in [7, 11) is 3.16. The van der Waals surface area contributed by atoms with E-state index in [9.17, 15) is 9.59 Å². The largest absolute Gasteiger partial charge is 0.497 e. The molecule has 0 aliphatic carbocycles. The standard InChI is InChI=1S/C24H24N6O3/c1-15-12-17(6-9-19(15)24(32)28-14-21(31)25-2)29-22-23-27-13-20(30(23)11-10-26-22)16-4-7-18(33-3)8-5-16/h4-13H,14H2,1-3H3,(H,25,31)(H,26,29)(H,28,32). The fourth-order valence-electron chi connectivity index (χ4n) is 3.46. The second-order valence-electron chi connectivity index (χ2n) is 7.35. The van der Waals surface area contributed by atoms with Gasteiger partial charge in [0.1, 0.15) is 5.75 Å². The molecule has 3 N–H and O–H groups in total. The van der Waals surface area contributed by atoms with E-state index in [2.05, 4.69) is 25.9 Å². The lowest BCUT2D eigenvalue weighted by atomic mass is 10.1. The number of hydrogen-bond donors (Lipinski definition) is 3. The van der Waals surface area contributed by atoms with Crippen LogP contribution in [0.25, 0.3) is 16.9 Å². The molecule has 0 radical (unpaired) electrons. The fourth-order valence-corrected chi connectivity index (χ4v) is 3.46. The normalized spacial score (nSPS) is 10.6. The van der Waals surface area contributed by atoms with Crippen molar-refractivity contribution in [2.24, 2.45) is 0 Å². The number of rotatable bonds is 7. The average Bonchev–Trinajstić information content (AvgIpc) is 3.27. The van der Waals surface area contributed by atoms with Gasteiger partial charge in [-0.3, -0.25) is 14.0 Å². The molecule has 2 amide bonds. The summed E-state index contributed by atoms with van der Waals surface area (Å²) in [5.41, 5.74) is 4.64. The number of amides is 2. The average molecular weight is 444 g/mol. The zero-order valence-electron chi connectivity index (χ0n) is 18.5. The molecule has 0 spiro atoms. The molecule has 0 saturated heterocycles. The number of methoxy groups -OCH3 is 1. The summed E-state index contributed by atoms with van der Waals surface area (Å²) in [5, 5.41) is 8.36. The highest BCUT2D eigenvalue weighted by Crippen LogP contribution is 2.27. The molecule has 168 valence electrons. The van der Waals surface area contributed by atoms with Crippen molar-refractivity contribution in [1.82, 2.24) is 25.0 Å². The first-order valence-electron chi connectivity index (χ1n) is 10.3. The molecule has 33 heavy (non-hydrogen) atoms. The third-order valence-corrected chi connectivity index (χ3v) is 5.24. The molecule has 4 aromatic rings. The molecule has 0 fully saturated rings. The maximum atomic E-state index is 12.4. The minimum Gasteiger partial charge on any atom is -0.497 e. The van der Waals surface area contributed by atoms with Gasteiger partial charge in [0.25, 0.3) is 5.91 Å². The molecular weight excluding hydrogens is 420 g/mol. The predicted molar refractivity (Wildman–Crippen MR) is 126 cm³/mol. The summed E-state index contributed by atoms with van der Waals surface area (Å²) in [6, 6.07) is 13.1. The number of fused-ring (bicyclic) bond motifs is 1. The van der Waals surface area contributed by atoms with Crippen molar-refractivity contribution in [2.45, 2.75) is 6.92 Å². The van der Waals surface area contributed by atoms with Gasteiger partial charge in [-0.2, -0.15) is 0 Å². The molecule has 0 atom stereocenters. The van der Waals surface area contributed by atoms with Crippen LogP contribution < -0.4 is 20.7 Å². The van der Waals surface area contributed by atoms with Gasteiger partial charge >= 0.3 is 0 Å². The van der Waals surface area contributed by atoms with Gasteiger partial charge in [-0.05, 0) is 55.0 Å². The number of benzene rings is 2. The van der Waals surface area contributed by atoms with Gasteiger partial charge in [-0.1, -0.05) is 0 Å². The van der Waals surface area contributed by atoms with Gasteiger partial charge in [-0.25, -0.2) is 9.97 Å². The Morgan fingerprint density at radius 3 is 2.58 bits per heavy atom. The van der Waals surface area contributed by atoms with Gasteiger partial charge < -0.3 is 20.7 Å². The molecule has 0 bridgehead atoms. The van der Waals surface area contributed by atoms with Crippen LogP contribution in [0, 0.1) is 6.92 Å². The number of ether oxygens (including phenoxy) is 1. The lowest BCUT2D eigenvalue weighted by molar-refractivity contribution is -0.119. The quantitative estimate of drug-likeness (QED) is 0.404. The van der Waals surface area contributed by atoms with Crippen LogP contribution in [0.3, 0.4) is 0 Å². The summed E-state index contributed by atoms with van der Waals surface area (Å²) in [6.07, 6.45) is 5.37. The summed E-state index contributed by atoms with van der Waals surface area (Å²) in [4.78, 5) is 32.7. The second kappa shape index (κ2) is 9.39. The van der Waals surface area contributed by atoms with Crippen molar-refractivity contribution in [2.75, 3.05) is 26.0 Å². The second-order valence-corrected chi connectivity index (χ2v) is 7.35. The van der Waals surface area contributed by atoms with E-state index >= 15 is 0 Å². The Labute approximate surface area is 190 Å². The molecule has 0 aliphatic heterocycles. The van der Waals surface area contributed by atoms with Crippen molar-refractivity contribution in [3.05, 3.63) is 72.2 Å². The smallest absolute Gasteiger partial charge is 0.251 e. The van der Waals surface area contributed by atoms with E-state index in [0.717, 1.165) is 28.3 Å². The van der Waals surface area contributed by atoms with Gasteiger partial charge in [-0.15, -0.1) is 0 Å². The summed E-state index contributed by atoms with van der Waals surface area (Å²) in [5.74, 6) is 0.818.